The molecule has 2 rings (SSSR count). The molecule has 96 valence electrons. The Morgan fingerprint density at radius 1 is 1.29 bits per heavy atom. The summed E-state index contributed by atoms with van der Waals surface area (Å²) in [5.41, 5.74) is 4.23. The maximum atomic E-state index is 4.24. The summed E-state index contributed by atoms with van der Waals surface area (Å²) in [7, 11) is 0. The predicted molar refractivity (Wildman–Crippen MR) is 70.9 cm³/mol. The van der Waals surface area contributed by atoms with E-state index in [0.717, 1.165) is 12.2 Å². The second-order valence-electron chi connectivity index (χ2n) is 6.23. The Hall–Kier alpha value is -0.830. The molecule has 0 unspecified atom stereocenters. The van der Waals surface area contributed by atoms with Gasteiger partial charge in [-0.1, -0.05) is 13.8 Å². The molecule has 0 aliphatic heterocycles. The molecule has 3 nitrogen and oxygen atoms in total. The van der Waals surface area contributed by atoms with E-state index in [1.165, 1.54) is 36.9 Å². The predicted octanol–water partition coefficient (Wildman–Crippen LogP) is 3.08. The highest BCUT2D eigenvalue weighted by Gasteiger charge is 2.26. The van der Waals surface area contributed by atoms with E-state index in [-0.39, 0.29) is 0 Å². The van der Waals surface area contributed by atoms with Crippen LogP contribution >= 0.6 is 0 Å². The molecule has 2 N–H and O–H groups in total. The van der Waals surface area contributed by atoms with E-state index in [1.54, 1.807) is 0 Å². The van der Waals surface area contributed by atoms with Crippen molar-refractivity contribution in [2.75, 3.05) is 0 Å². The largest absolute Gasteiger partial charge is 0.310 e. The summed E-state index contributed by atoms with van der Waals surface area (Å²) in [5.74, 6) is 0. The van der Waals surface area contributed by atoms with Crippen LogP contribution in [0.2, 0.25) is 0 Å². The van der Waals surface area contributed by atoms with Crippen molar-refractivity contribution >= 4 is 0 Å². The van der Waals surface area contributed by atoms with E-state index in [2.05, 4.69) is 43.2 Å². The lowest BCUT2D eigenvalue weighted by atomic mass is 9.75. The Labute approximate surface area is 104 Å². The molecule has 1 aliphatic carbocycles. The van der Waals surface area contributed by atoms with Gasteiger partial charge in [-0.3, -0.25) is 5.10 Å². The Bertz CT molecular complexity index is 349. The van der Waals surface area contributed by atoms with Crippen LogP contribution in [-0.2, 0) is 6.54 Å². The minimum atomic E-state index is 0.555. The van der Waals surface area contributed by atoms with E-state index >= 15 is 0 Å². The second kappa shape index (κ2) is 4.81. The lowest BCUT2D eigenvalue weighted by Crippen LogP contribution is -2.35. The van der Waals surface area contributed by atoms with Crippen LogP contribution in [0.5, 0.6) is 0 Å². The molecule has 1 aliphatic rings. The molecule has 0 aromatic carbocycles. The maximum absolute atomic E-state index is 4.24. The van der Waals surface area contributed by atoms with Crippen molar-refractivity contribution in [1.29, 1.82) is 0 Å². The number of nitrogens with one attached hydrogen (secondary N) is 2. The molecular formula is C14H25N3. The van der Waals surface area contributed by atoms with Crippen molar-refractivity contribution in [2.45, 2.75) is 66.0 Å². The normalized spacial score (nSPS) is 20.7. The molecule has 3 heteroatoms. The third kappa shape index (κ3) is 3.09. The van der Waals surface area contributed by atoms with Gasteiger partial charge in [0, 0.05) is 23.8 Å². The standard InChI is InChI=1S/C14H25N3/c1-10-13(11(2)17-16-10)9-15-12-5-7-14(3,4)8-6-12/h12,15H,5-9H2,1-4H3,(H,16,17). The van der Waals surface area contributed by atoms with E-state index in [9.17, 15) is 0 Å². The summed E-state index contributed by atoms with van der Waals surface area (Å²) in [4.78, 5) is 0. The smallest absolute Gasteiger partial charge is 0.0638 e. The molecule has 0 spiro atoms. The number of aryl methyl sites for hydroxylation is 2. The van der Waals surface area contributed by atoms with Crippen LogP contribution in [-0.4, -0.2) is 16.2 Å². The minimum absolute atomic E-state index is 0.555. The molecule has 1 fully saturated rings. The molecular weight excluding hydrogens is 210 g/mol. The fraction of sp³-hybridized carbons (Fsp3) is 0.786. The van der Waals surface area contributed by atoms with Crippen molar-refractivity contribution in [3.63, 3.8) is 0 Å². The van der Waals surface area contributed by atoms with Crippen molar-refractivity contribution in [3.05, 3.63) is 17.0 Å². The zero-order valence-electron chi connectivity index (χ0n) is 11.6. The highest BCUT2D eigenvalue weighted by molar-refractivity contribution is 5.22. The van der Waals surface area contributed by atoms with Crippen molar-refractivity contribution in [3.8, 4) is 0 Å². The van der Waals surface area contributed by atoms with Crippen LogP contribution in [0.25, 0.3) is 0 Å². The first kappa shape index (κ1) is 12.6. The summed E-state index contributed by atoms with van der Waals surface area (Å²) < 4.78 is 0. The van der Waals surface area contributed by atoms with Gasteiger partial charge in [0.2, 0.25) is 0 Å². The van der Waals surface area contributed by atoms with E-state index in [1.807, 2.05) is 0 Å². The summed E-state index contributed by atoms with van der Waals surface area (Å²) in [6.45, 7) is 9.89. The number of hydrogen-bond acceptors (Lipinski definition) is 2. The number of hydrogen-bond donors (Lipinski definition) is 2. The van der Waals surface area contributed by atoms with Crippen molar-refractivity contribution in [1.82, 2.24) is 15.5 Å². The van der Waals surface area contributed by atoms with Crippen LogP contribution in [0.4, 0.5) is 0 Å². The summed E-state index contributed by atoms with van der Waals surface area (Å²) in [6.07, 6.45) is 5.30. The maximum Gasteiger partial charge on any atom is 0.0638 e. The number of rotatable bonds is 3. The zero-order chi connectivity index (χ0) is 12.5. The third-order valence-electron chi connectivity index (χ3n) is 4.19. The van der Waals surface area contributed by atoms with Gasteiger partial charge < -0.3 is 5.32 Å². The average molecular weight is 235 g/mol. The van der Waals surface area contributed by atoms with E-state index in [0.29, 0.717) is 11.5 Å². The highest BCUT2D eigenvalue weighted by atomic mass is 15.1. The van der Waals surface area contributed by atoms with Gasteiger partial charge >= 0.3 is 0 Å². The zero-order valence-corrected chi connectivity index (χ0v) is 11.6. The Balaban J connectivity index is 1.84. The van der Waals surface area contributed by atoms with Crippen LogP contribution in [0, 0.1) is 19.3 Å². The lowest BCUT2D eigenvalue weighted by Gasteiger charge is -2.34. The summed E-state index contributed by atoms with van der Waals surface area (Å²) >= 11 is 0. The first-order chi connectivity index (χ1) is 7.98. The van der Waals surface area contributed by atoms with Crippen LogP contribution in [0.1, 0.15) is 56.5 Å². The van der Waals surface area contributed by atoms with Crippen LogP contribution in [0.15, 0.2) is 0 Å². The molecule has 0 bridgehead atoms. The number of nitrogens with zero attached hydrogens (tertiary/aromatic N) is 1. The summed E-state index contributed by atoms with van der Waals surface area (Å²) in [6, 6.07) is 0.691. The van der Waals surface area contributed by atoms with Gasteiger partial charge in [0.25, 0.3) is 0 Å². The van der Waals surface area contributed by atoms with Gasteiger partial charge in [-0.2, -0.15) is 5.10 Å². The molecule has 1 aromatic heterocycles. The van der Waals surface area contributed by atoms with Crippen LogP contribution < -0.4 is 5.32 Å². The Kier molecular flexibility index (Phi) is 3.57. The second-order valence-corrected chi connectivity index (χ2v) is 6.23. The molecule has 0 saturated heterocycles. The van der Waals surface area contributed by atoms with E-state index < -0.39 is 0 Å². The molecule has 0 atom stereocenters. The van der Waals surface area contributed by atoms with Gasteiger partial charge in [-0.15, -0.1) is 0 Å². The topological polar surface area (TPSA) is 40.7 Å². The average Bonchev–Trinajstić information content (AvgIpc) is 2.58. The minimum Gasteiger partial charge on any atom is -0.310 e. The molecule has 0 amide bonds. The summed E-state index contributed by atoms with van der Waals surface area (Å²) in [5, 5.41) is 11.0. The fourth-order valence-electron chi connectivity index (χ4n) is 2.68. The first-order valence-corrected chi connectivity index (χ1v) is 6.72. The van der Waals surface area contributed by atoms with Crippen molar-refractivity contribution in [2.24, 2.45) is 5.41 Å². The van der Waals surface area contributed by atoms with E-state index in [4.69, 9.17) is 0 Å². The van der Waals surface area contributed by atoms with Gasteiger partial charge in [0.05, 0.1) is 5.69 Å². The van der Waals surface area contributed by atoms with Gasteiger partial charge in [-0.05, 0) is 44.9 Å². The number of H-pyrrole nitrogens is 1. The van der Waals surface area contributed by atoms with Gasteiger partial charge in [0.1, 0.15) is 0 Å². The highest BCUT2D eigenvalue weighted by Crippen LogP contribution is 2.35. The monoisotopic (exact) mass is 235 g/mol. The lowest BCUT2D eigenvalue weighted by molar-refractivity contribution is 0.206. The first-order valence-electron chi connectivity index (χ1n) is 6.72. The Morgan fingerprint density at radius 3 is 2.47 bits per heavy atom. The molecule has 1 heterocycles. The van der Waals surface area contributed by atoms with Gasteiger partial charge in [0.15, 0.2) is 0 Å². The van der Waals surface area contributed by atoms with Gasteiger partial charge in [-0.25, -0.2) is 0 Å². The Morgan fingerprint density at radius 2 is 1.94 bits per heavy atom. The SMILES string of the molecule is Cc1n[nH]c(C)c1CNC1CCC(C)(C)CC1. The molecule has 1 saturated carbocycles. The quantitative estimate of drug-likeness (QED) is 0.845. The van der Waals surface area contributed by atoms with Crippen molar-refractivity contribution < 1.29 is 0 Å². The molecule has 1 aromatic rings. The fourth-order valence-corrected chi connectivity index (χ4v) is 2.68. The molecule has 17 heavy (non-hydrogen) atoms. The number of aromatic amines is 1. The third-order valence-corrected chi connectivity index (χ3v) is 4.19. The molecule has 0 radical (unpaired) electrons. The van der Waals surface area contributed by atoms with Crippen LogP contribution in [0.3, 0.4) is 0 Å². The number of aromatic nitrogens is 2.